The largest absolute Gasteiger partial charge is 0.332 e. The summed E-state index contributed by atoms with van der Waals surface area (Å²) >= 11 is 0. The lowest BCUT2D eigenvalue weighted by molar-refractivity contribution is 0.0715. The summed E-state index contributed by atoms with van der Waals surface area (Å²) < 4.78 is 1.93. The number of nitrogens with one attached hydrogen (secondary N) is 1. The molecule has 2 aromatic heterocycles. The van der Waals surface area contributed by atoms with Crippen LogP contribution in [0.25, 0.3) is 11.3 Å². The van der Waals surface area contributed by atoms with Crippen LogP contribution in [0.3, 0.4) is 0 Å². The number of carbonyl (C=O) groups is 1. The number of carbonyl (C=O) groups excluding carboxylic acids is 1. The Labute approximate surface area is 152 Å². The number of hydrogen-bond donors (Lipinski definition) is 1. The second-order valence-electron chi connectivity index (χ2n) is 7.02. The van der Waals surface area contributed by atoms with Gasteiger partial charge in [0.1, 0.15) is 5.69 Å². The number of likely N-dealkylation sites (tertiary alicyclic amines) is 1. The predicted molar refractivity (Wildman–Crippen MR) is 99.8 cm³/mol. The maximum atomic E-state index is 13.0. The van der Waals surface area contributed by atoms with E-state index in [0.29, 0.717) is 5.69 Å². The van der Waals surface area contributed by atoms with Gasteiger partial charge in [-0.2, -0.15) is 10.2 Å². The zero-order valence-electron chi connectivity index (χ0n) is 15.1. The fourth-order valence-corrected chi connectivity index (χ4v) is 3.66. The van der Waals surface area contributed by atoms with Crippen molar-refractivity contribution in [1.29, 1.82) is 0 Å². The van der Waals surface area contributed by atoms with Crippen molar-refractivity contribution in [2.45, 2.75) is 39.3 Å². The van der Waals surface area contributed by atoms with E-state index in [1.807, 2.05) is 66.2 Å². The molecule has 0 aliphatic carbocycles. The number of H-pyrrole nitrogens is 1. The van der Waals surface area contributed by atoms with E-state index in [1.165, 1.54) is 0 Å². The molecule has 4 rings (SSSR count). The smallest absolute Gasteiger partial charge is 0.272 e. The van der Waals surface area contributed by atoms with Crippen LogP contribution in [0.4, 0.5) is 0 Å². The van der Waals surface area contributed by atoms with Crippen LogP contribution in [0.5, 0.6) is 0 Å². The van der Waals surface area contributed by atoms with E-state index < -0.39 is 0 Å². The fraction of sp³-hybridized carbons (Fsp3) is 0.350. The number of aromatic amines is 1. The van der Waals surface area contributed by atoms with Gasteiger partial charge in [0, 0.05) is 18.3 Å². The van der Waals surface area contributed by atoms with Crippen LogP contribution < -0.4 is 0 Å². The van der Waals surface area contributed by atoms with Crippen molar-refractivity contribution in [2.75, 3.05) is 6.54 Å². The first-order chi connectivity index (χ1) is 12.6. The fourth-order valence-electron chi connectivity index (χ4n) is 3.66. The average Bonchev–Trinajstić information content (AvgIpc) is 3.36. The molecule has 1 saturated heterocycles. The van der Waals surface area contributed by atoms with E-state index in [4.69, 9.17) is 0 Å². The molecule has 1 aliphatic rings. The molecule has 6 nitrogen and oxygen atoms in total. The molecule has 1 aromatic carbocycles. The van der Waals surface area contributed by atoms with Crippen molar-refractivity contribution < 1.29 is 4.79 Å². The molecular weight excluding hydrogens is 326 g/mol. The van der Waals surface area contributed by atoms with Crippen LogP contribution in [0, 0.1) is 13.8 Å². The Morgan fingerprint density at radius 1 is 1.31 bits per heavy atom. The van der Waals surface area contributed by atoms with Gasteiger partial charge in [0.2, 0.25) is 0 Å². The lowest BCUT2D eigenvalue weighted by Crippen LogP contribution is -2.38. The summed E-state index contributed by atoms with van der Waals surface area (Å²) in [5, 5.41) is 11.7. The summed E-state index contributed by atoms with van der Waals surface area (Å²) in [4.78, 5) is 15.0. The van der Waals surface area contributed by atoms with Crippen molar-refractivity contribution in [2.24, 2.45) is 0 Å². The van der Waals surface area contributed by atoms with Crippen LogP contribution >= 0.6 is 0 Å². The molecule has 26 heavy (non-hydrogen) atoms. The zero-order valence-corrected chi connectivity index (χ0v) is 15.1. The highest BCUT2D eigenvalue weighted by Crippen LogP contribution is 2.25. The van der Waals surface area contributed by atoms with Gasteiger partial charge < -0.3 is 4.90 Å². The van der Waals surface area contributed by atoms with Gasteiger partial charge in [0.25, 0.3) is 5.91 Å². The van der Waals surface area contributed by atoms with Gasteiger partial charge in [-0.1, -0.05) is 24.3 Å². The molecule has 3 heterocycles. The molecule has 1 amide bonds. The van der Waals surface area contributed by atoms with Gasteiger partial charge in [-0.05, 0) is 43.9 Å². The molecule has 1 fully saturated rings. The first kappa shape index (κ1) is 16.6. The topological polar surface area (TPSA) is 66.8 Å². The minimum absolute atomic E-state index is 0.0173. The number of aryl methyl sites for hydroxylation is 2. The van der Waals surface area contributed by atoms with E-state index in [-0.39, 0.29) is 11.9 Å². The van der Waals surface area contributed by atoms with Gasteiger partial charge in [-0.15, -0.1) is 0 Å². The molecule has 0 radical (unpaired) electrons. The Morgan fingerprint density at radius 2 is 2.15 bits per heavy atom. The monoisotopic (exact) mass is 349 g/mol. The average molecular weight is 349 g/mol. The summed E-state index contributed by atoms with van der Waals surface area (Å²) in [6, 6.07) is 10.1. The first-order valence-corrected chi connectivity index (χ1v) is 9.03. The lowest BCUT2D eigenvalue weighted by Gasteiger charge is -2.24. The number of nitrogens with zero attached hydrogens (tertiary/aromatic N) is 4. The van der Waals surface area contributed by atoms with Crippen LogP contribution in [0.1, 0.15) is 34.5 Å². The molecular formula is C20H23N5O. The van der Waals surface area contributed by atoms with Gasteiger partial charge in [-0.3, -0.25) is 14.6 Å². The number of benzene rings is 1. The minimum Gasteiger partial charge on any atom is -0.332 e. The molecule has 1 N–H and O–H groups in total. The number of aromatic nitrogens is 4. The van der Waals surface area contributed by atoms with Gasteiger partial charge >= 0.3 is 0 Å². The highest BCUT2D eigenvalue weighted by Gasteiger charge is 2.31. The van der Waals surface area contributed by atoms with E-state index >= 15 is 0 Å². The second kappa shape index (κ2) is 6.78. The Bertz CT molecular complexity index is 926. The molecule has 1 aliphatic heterocycles. The maximum Gasteiger partial charge on any atom is 0.272 e. The van der Waals surface area contributed by atoms with E-state index in [2.05, 4.69) is 15.3 Å². The quantitative estimate of drug-likeness (QED) is 0.786. The number of hydrogen-bond acceptors (Lipinski definition) is 3. The summed E-state index contributed by atoms with van der Waals surface area (Å²) in [5.41, 5.74) is 4.69. The molecule has 0 saturated carbocycles. The van der Waals surface area contributed by atoms with Crippen LogP contribution in [-0.2, 0) is 6.54 Å². The van der Waals surface area contributed by atoms with E-state index in [9.17, 15) is 4.79 Å². The van der Waals surface area contributed by atoms with E-state index in [0.717, 1.165) is 48.3 Å². The third-order valence-corrected chi connectivity index (χ3v) is 5.03. The molecule has 0 spiro atoms. The van der Waals surface area contributed by atoms with Crippen molar-refractivity contribution in [3.63, 3.8) is 0 Å². The van der Waals surface area contributed by atoms with Crippen molar-refractivity contribution in [1.82, 2.24) is 24.9 Å². The summed E-state index contributed by atoms with van der Waals surface area (Å²) in [7, 11) is 0. The highest BCUT2D eigenvalue weighted by molar-refractivity contribution is 5.93. The second-order valence-corrected chi connectivity index (χ2v) is 7.02. The maximum absolute atomic E-state index is 13.0. The van der Waals surface area contributed by atoms with Gasteiger partial charge in [0.05, 0.1) is 24.5 Å². The number of amides is 1. The Balaban J connectivity index is 1.53. The highest BCUT2D eigenvalue weighted by atomic mass is 16.2. The van der Waals surface area contributed by atoms with Crippen molar-refractivity contribution in [3.05, 3.63) is 59.5 Å². The Kier molecular flexibility index (Phi) is 4.32. The minimum atomic E-state index is 0.0173. The summed E-state index contributed by atoms with van der Waals surface area (Å²) in [6.45, 7) is 5.59. The van der Waals surface area contributed by atoms with Gasteiger partial charge in [-0.25, -0.2) is 0 Å². The Morgan fingerprint density at radius 3 is 2.92 bits per heavy atom. The van der Waals surface area contributed by atoms with Crippen molar-refractivity contribution >= 4 is 5.91 Å². The van der Waals surface area contributed by atoms with E-state index in [1.54, 1.807) is 0 Å². The normalized spacial score (nSPS) is 17.0. The molecule has 0 unspecified atom stereocenters. The molecule has 3 aromatic rings. The van der Waals surface area contributed by atoms with Gasteiger partial charge in [0.15, 0.2) is 0 Å². The van der Waals surface area contributed by atoms with Crippen LogP contribution in [0.15, 0.2) is 42.7 Å². The third-order valence-electron chi connectivity index (χ3n) is 5.03. The third kappa shape index (κ3) is 3.14. The molecule has 0 bridgehead atoms. The SMILES string of the molecule is Cc1cnn(C[C@H]2CCCN2C(=O)c2cc(-c3ccccc3C)n[nH]2)c1. The van der Waals surface area contributed by atoms with Crippen molar-refractivity contribution in [3.8, 4) is 11.3 Å². The molecule has 134 valence electrons. The number of rotatable bonds is 4. The van der Waals surface area contributed by atoms with Crippen LogP contribution in [0.2, 0.25) is 0 Å². The molecule has 1 atom stereocenters. The lowest BCUT2D eigenvalue weighted by atomic mass is 10.1. The summed E-state index contributed by atoms with van der Waals surface area (Å²) in [6.07, 6.45) is 5.90. The molecule has 6 heteroatoms. The standard InChI is InChI=1S/C20H23N5O/c1-14-11-21-24(12-14)13-16-7-5-9-25(16)20(26)19-10-18(22-23-19)17-8-4-3-6-15(17)2/h3-4,6,8,10-12,16H,5,7,9,13H2,1-2H3,(H,22,23)/t16-/m1/s1. The van der Waals surface area contributed by atoms with Crippen LogP contribution in [-0.4, -0.2) is 43.4 Å². The predicted octanol–water partition coefficient (Wildman–Crippen LogP) is 3.19. The zero-order chi connectivity index (χ0) is 18.1. The first-order valence-electron chi connectivity index (χ1n) is 9.03. The Hall–Kier alpha value is -2.89. The summed E-state index contributed by atoms with van der Waals surface area (Å²) in [5.74, 6) is 0.0173.